The van der Waals surface area contributed by atoms with E-state index in [1.165, 1.54) is 4.90 Å². The Balaban J connectivity index is 1.80. The van der Waals surface area contributed by atoms with Gasteiger partial charge in [-0.05, 0) is 30.2 Å². The lowest BCUT2D eigenvalue weighted by atomic mass is 9.93. The number of H-pyrrole nitrogens is 1. The van der Waals surface area contributed by atoms with E-state index in [-0.39, 0.29) is 5.91 Å². The highest BCUT2D eigenvalue weighted by Crippen LogP contribution is 2.45. The van der Waals surface area contributed by atoms with Crippen LogP contribution in [0.1, 0.15) is 33.1 Å². The van der Waals surface area contributed by atoms with E-state index < -0.39 is 18.6 Å². The topological polar surface area (TPSA) is 76.2 Å². The van der Waals surface area contributed by atoms with Crippen LogP contribution in [-0.2, 0) is 4.79 Å². The maximum Gasteiger partial charge on any atom is 0.255 e. The quantitative estimate of drug-likeness (QED) is 0.575. The van der Waals surface area contributed by atoms with Crippen LogP contribution in [0, 0.1) is 6.92 Å². The molecule has 1 aliphatic rings. The summed E-state index contributed by atoms with van der Waals surface area (Å²) in [5, 5.41) is 12.5. The Morgan fingerprint density at radius 1 is 1.00 bits per heavy atom. The Labute approximate surface area is 173 Å². The first kappa shape index (κ1) is 18.2. The Bertz CT molecular complexity index is 1290. The number of carbonyl (C=O) groups excluding carboxylic acids is 2. The first-order chi connectivity index (χ1) is 14.5. The van der Waals surface area contributed by atoms with E-state index in [4.69, 9.17) is 0 Å². The summed E-state index contributed by atoms with van der Waals surface area (Å²) >= 11 is 0. The molecule has 1 atom stereocenters. The van der Waals surface area contributed by atoms with E-state index in [2.05, 4.69) is 4.98 Å². The van der Waals surface area contributed by atoms with E-state index in [0.717, 1.165) is 38.9 Å². The normalized spacial score (nSPS) is 15.6. The number of rotatable bonds is 4. The van der Waals surface area contributed by atoms with Gasteiger partial charge in [-0.2, -0.15) is 0 Å². The van der Waals surface area contributed by atoms with Gasteiger partial charge >= 0.3 is 0 Å². The van der Waals surface area contributed by atoms with Gasteiger partial charge in [0.25, 0.3) is 5.91 Å². The molecule has 1 aliphatic heterocycles. The molecule has 2 heterocycles. The van der Waals surface area contributed by atoms with Gasteiger partial charge in [-0.15, -0.1) is 0 Å². The van der Waals surface area contributed by atoms with E-state index in [1.807, 2.05) is 67.6 Å². The first-order valence-corrected chi connectivity index (χ1v) is 9.82. The zero-order valence-corrected chi connectivity index (χ0v) is 16.4. The molecule has 0 bridgehead atoms. The molecule has 0 aliphatic carbocycles. The molecule has 1 aromatic heterocycles. The summed E-state index contributed by atoms with van der Waals surface area (Å²) in [6.07, 6.45) is 0. The number of nitrogens with zero attached hydrogens (tertiary/aromatic N) is 1. The smallest absolute Gasteiger partial charge is 0.255 e. The summed E-state index contributed by atoms with van der Waals surface area (Å²) in [7, 11) is 0. The van der Waals surface area contributed by atoms with Crippen molar-refractivity contribution in [1.82, 2.24) is 9.88 Å². The lowest BCUT2D eigenvalue weighted by Gasteiger charge is -2.27. The summed E-state index contributed by atoms with van der Waals surface area (Å²) in [6.45, 7) is 1.56. The third-order valence-corrected chi connectivity index (χ3v) is 5.72. The number of carboxylic acids is 1. The van der Waals surface area contributed by atoms with E-state index in [9.17, 15) is 14.7 Å². The number of aromatic amines is 1. The van der Waals surface area contributed by atoms with Crippen molar-refractivity contribution in [2.24, 2.45) is 0 Å². The molecule has 0 unspecified atom stereocenters. The lowest BCUT2D eigenvalue weighted by molar-refractivity contribution is -0.305. The number of fused-ring (bicyclic) bond motifs is 2. The number of benzene rings is 3. The molecule has 5 rings (SSSR count). The van der Waals surface area contributed by atoms with Crippen molar-refractivity contribution >= 4 is 22.8 Å². The number of para-hydroxylation sites is 1. The van der Waals surface area contributed by atoms with Crippen LogP contribution in [0.15, 0.2) is 72.8 Å². The molecular formula is C25H19N2O3-. The second kappa shape index (κ2) is 6.88. The zero-order chi connectivity index (χ0) is 20.8. The van der Waals surface area contributed by atoms with Crippen molar-refractivity contribution in [3.63, 3.8) is 0 Å². The van der Waals surface area contributed by atoms with Crippen molar-refractivity contribution in [1.29, 1.82) is 0 Å². The van der Waals surface area contributed by atoms with E-state index >= 15 is 0 Å². The molecule has 0 saturated carbocycles. The lowest BCUT2D eigenvalue weighted by Crippen LogP contribution is -2.40. The number of amides is 1. The molecule has 4 aromatic rings. The third-order valence-electron chi connectivity index (χ3n) is 5.72. The average Bonchev–Trinajstić information content (AvgIpc) is 3.24. The van der Waals surface area contributed by atoms with Gasteiger partial charge in [-0.25, -0.2) is 0 Å². The Morgan fingerprint density at radius 3 is 2.47 bits per heavy atom. The Kier molecular flexibility index (Phi) is 4.17. The summed E-state index contributed by atoms with van der Waals surface area (Å²) < 4.78 is 0. The highest BCUT2D eigenvalue weighted by Gasteiger charge is 2.40. The van der Waals surface area contributed by atoms with Gasteiger partial charge in [0, 0.05) is 22.0 Å². The molecule has 148 valence electrons. The van der Waals surface area contributed by atoms with Crippen LogP contribution in [0.3, 0.4) is 0 Å². The van der Waals surface area contributed by atoms with E-state index in [0.29, 0.717) is 5.56 Å². The van der Waals surface area contributed by atoms with Gasteiger partial charge in [-0.1, -0.05) is 66.2 Å². The molecule has 30 heavy (non-hydrogen) atoms. The molecular weight excluding hydrogens is 376 g/mol. The molecule has 5 nitrogen and oxygen atoms in total. The molecule has 0 spiro atoms. The van der Waals surface area contributed by atoms with Crippen LogP contribution >= 0.6 is 0 Å². The van der Waals surface area contributed by atoms with Crippen molar-refractivity contribution in [2.45, 2.75) is 13.0 Å². The molecule has 5 heteroatoms. The number of nitrogens with one attached hydrogen (secondary N) is 1. The van der Waals surface area contributed by atoms with Crippen molar-refractivity contribution in [3.8, 4) is 11.3 Å². The van der Waals surface area contributed by atoms with Crippen LogP contribution < -0.4 is 5.11 Å². The minimum Gasteiger partial charge on any atom is -0.548 e. The minimum absolute atomic E-state index is 0.292. The van der Waals surface area contributed by atoms with Crippen LogP contribution in [0.2, 0.25) is 0 Å². The Hall–Kier alpha value is -3.86. The summed E-state index contributed by atoms with van der Waals surface area (Å²) in [6, 6.07) is 22.9. The fourth-order valence-electron chi connectivity index (χ4n) is 4.38. The van der Waals surface area contributed by atoms with Gasteiger partial charge in [0.1, 0.15) is 0 Å². The van der Waals surface area contributed by atoms with Crippen LogP contribution in [-0.4, -0.2) is 28.3 Å². The SMILES string of the molecule is Cc1ccc(-c2[nH]c3ccccc3c2[C@H]2c3ccccc3C(=O)N2CC(=O)[O-])cc1. The number of carbonyl (C=O) groups is 2. The largest absolute Gasteiger partial charge is 0.548 e. The van der Waals surface area contributed by atoms with Crippen LogP contribution in [0.4, 0.5) is 0 Å². The van der Waals surface area contributed by atoms with Gasteiger partial charge in [0.2, 0.25) is 0 Å². The van der Waals surface area contributed by atoms with Crippen LogP contribution in [0.25, 0.3) is 22.2 Å². The number of aliphatic carboxylic acids is 1. The van der Waals surface area contributed by atoms with Gasteiger partial charge in [-0.3, -0.25) is 4.79 Å². The highest BCUT2D eigenvalue weighted by molar-refractivity contribution is 6.03. The molecule has 0 fully saturated rings. The van der Waals surface area contributed by atoms with E-state index in [1.54, 1.807) is 12.1 Å². The van der Waals surface area contributed by atoms with Crippen molar-refractivity contribution < 1.29 is 14.7 Å². The second-order valence-electron chi connectivity index (χ2n) is 7.62. The van der Waals surface area contributed by atoms with Crippen molar-refractivity contribution in [2.75, 3.05) is 6.54 Å². The molecule has 3 aromatic carbocycles. The van der Waals surface area contributed by atoms with Gasteiger partial charge < -0.3 is 19.8 Å². The number of carboxylic acid groups (broad SMARTS) is 1. The van der Waals surface area contributed by atoms with Crippen molar-refractivity contribution in [3.05, 3.63) is 95.1 Å². The highest BCUT2D eigenvalue weighted by atomic mass is 16.4. The second-order valence-corrected chi connectivity index (χ2v) is 7.62. The zero-order valence-electron chi connectivity index (χ0n) is 16.4. The average molecular weight is 395 g/mol. The monoisotopic (exact) mass is 395 g/mol. The number of aromatic nitrogens is 1. The van der Waals surface area contributed by atoms with Gasteiger partial charge in [0.15, 0.2) is 0 Å². The predicted molar refractivity (Wildman–Crippen MR) is 113 cm³/mol. The standard InChI is InChI=1S/C25H20N2O3/c1-15-10-12-16(13-11-15)23-22(19-8-4-5-9-20(19)26-23)24-17-6-2-3-7-18(17)25(30)27(24)14-21(28)29/h2-13,24,26H,14H2,1H3,(H,28,29)/p-1/t24-/m1/s1. The Morgan fingerprint density at radius 2 is 1.70 bits per heavy atom. The minimum atomic E-state index is -1.28. The maximum absolute atomic E-state index is 13.1. The maximum atomic E-state index is 13.1. The molecule has 0 saturated heterocycles. The number of hydrogen-bond acceptors (Lipinski definition) is 3. The third kappa shape index (κ3) is 2.78. The predicted octanol–water partition coefficient (Wildman–Crippen LogP) is 3.44. The summed E-state index contributed by atoms with van der Waals surface area (Å²) in [4.78, 5) is 29.5. The van der Waals surface area contributed by atoms with Gasteiger partial charge in [0.05, 0.1) is 24.2 Å². The van der Waals surface area contributed by atoms with Crippen LogP contribution in [0.5, 0.6) is 0 Å². The number of aryl methyl sites for hydroxylation is 1. The molecule has 1 N–H and O–H groups in total. The molecule has 1 amide bonds. The molecule has 0 radical (unpaired) electrons. The summed E-state index contributed by atoms with van der Waals surface area (Å²) in [5.74, 6) is -1.57. The fourth-order valence-corrected chi connectivity index (χ4v) is 4.38. The fraction of sp³-hybridized carbons (Fsp3) is 0.120. The summed E-state index contributed by atoms with van der Waals surface area (Å²) in [5.41, 5.74) is 6.19. The first-order valence-electron chi connectivity index (χ1n) is 9.82. The number of hydrogen-bond donors (Lipinski definition) is 1.